The summed E-state index contributed by atoms with van der Waals surface area (Å²) in [5.74, 6) is 0.763. The third-order valence-corrected chi connectivity index (χ3v) is 5.79. The number of amides is 1. The molecule has 0 aromatic carbocycles. The summed E-state index contributed by atoms with van der Waals surface area (Å²) in [5.41, 5.74) is 1.24. The van der Waals surface area contributed by atoms with Crippen molar-refractivity contribution in [2.24, 2.45) is 0 Å². The maximum absolute atomic E-state index is 11.7. The lowest BCUT2D eigenvalue weighted by molar-refractivity contribution is -0.127. The molecule has 0 spiro atoms. The summed E-state index contributed by atoms with van der Waals surface area (Å²) in [7, 11) is 0. The van der Waals surface area contributed by atoms with Crippen molar-refractivity contribution >= 4 is 11.7 Å². The second-order valence-electron chi connectivity index (χ2n) is 8.85. The third-order valence-electron chi connectivity index (χ3n) is 5.79. The van der Waals surface area contributed by atoms with Crippen LogP contribution in [0.5, 0.6) is 0 Å². The van der Waals surface area contributed by atoms with Crippen LogP contribution in [0.1, 0.15) is 123 Å². The summed E-state index contributed by atoms with van der Waals surface area (Å²) in [5, 5.41) is 0. The summed E-state index contributed by atoms with van der Waals surface area (Å²) in [6, 6.07) is 0. The topological polar surface area (TPSA) is 37.4 Å². The highest BCUT2D eigenvalue weighted by atomic mass is 16.2. The summed E-state index contributed by atoms with van der Waals surface area (Å²) in [6.45, 7) is 6.08. The zero-order chi connectivity index (χ0) is 20.5. The largest absolute Gasteiger partial charge is 0.343 e. The number of hydrogen-bond donors (Lipinski definition) is 0. The lowest BCUT2D eigenvalue weighted by atomic mass is 10.0. The van der Waals surface area contributed by atoms with Gasteiger partial charge in [0.1, 0.15) is 5.78 Å². The number of unbranched alkanes of at least 4 members (excludes halogenated alkanes) is 12. The Morgan fingerprint density at radius 2 is 1.32 bits per heavy atom. The molecule has 1 fully saturated rings. The second kappa shape index (κ2) is 16.8. The fraction of sp³-hybridized carbons (Fsp3) is 0.840. The van der Waals surface area contributed by atoms with Crippen LogP contribution < -0.4 is 0 Å². The Balaban J connectivity index is 1.73. The second-order valence-corrected chi connectivity index (χ2v) is 8.85. The molecule has 0 N–H and O–H groups in total. The van der Waals surface area contributed by atoms with E-state index in [0.29, 0.717) is 18.1 Å². The van der Waals surface area contributed by atoms with E-state index in [1.54, 1.807) is 0 Å². The summed E-state index contributed by atoms with van der Waals surface area (Å²) in [4.78, 5) is 25.2. The molecule has 0 saturated carbocycles. The highest BCUT2D eigenvalue weighted by Crippen LogP contribution is 2.15. The molecule has 1 aliphatic heterocycles. The van der Waals surface area contributed by atoms with Gasteiger partial charge in [-0.15, -0.1) is 0 Å². The van der Waals surface area contributed by atoms with E-state index in [4.69, 9.17) is 0 Å². The van der Waals surface area contributed by atoms with Crippen LogP contribution in [-0.4, -0.2) is 29.7 Å². The molecule has 0 aliphatic carbocycles. The van der Waals surface area contributed by atoms with Gasteiger partial charge >= 0.3 is 0 Å². The lowest BCUT2D eigenvalue weighted by Crippen LogP contribution is -2.25. The minimum Gasteiger partial charge on any atom is -0.343 e. The van der Waals surface area contributed by atoms with Gasteiger partial charge in [0.15, 0.2) is 0 Å². The van der Waals surface area contributed by atoms with Crippen LogP contribution in [0.15, 0.2) is 11.6 Å². The van der Waals surface area contributed by atoms with Gasteiger partial charge in [-0.3, -0.25) is 9.59 Å². The van der Waals surface area contributed by atoms with Crippen molar-refractivity contribution in [3.8, 4) is 0 Å². The predicted molar refractivity (Wildman–Crippen MR) is 120 cm³/mol. The third kappa shape index (κ3) is 14.0. The van der Waals surface area contributed by atoms with Crippen molar-refractivity contribution in [1.82, 2.24) is 4.90 Å². The SMILES string of the molecule is CC(C)=CCC(=O)CCCCCCCCCCCCCCCN1CCCC1=O. The molecular formula is C25H45NO2. The molecule has 0 unspecified atom stereocenters. The smallest absolute Gasteiger partial charge is 0.222 e. The van der Waals surface area contributed by atoms with Gasteiger partial charge < -0.3 is 4.90 Å². The van der Waals surface area contributed by atoms with E-state index in [1.165, 1.54) is 82.6 Å². The van der Waals surface area contributed by atoms with Crippen LogP contribution in [-0.2, 0) is 9.59 Å². The first-order valence-corrected chi connectivity index (χ1v) is 12.0. The van der Waals surface area contributed by atoms with Crippen LogP contribution in [0.25, 0.3) is 0 Å². The van der Waals surface area contributed by atoms with Crippen LogP contribution in [0.3, 0.4) is 0 Å². The Morgan fingerprint density at radius 3 is 1.79 bits per heavy atom. The number of allylic oxidation sites excluding steroid dienone is 2. The molecule has 3 nitrogen and oxygen atoms in total. The number of nitrogens with zero attached hydrogens (tertiary/aromatic N) is 1. The van der Waals surface area contributed by atoms with Gasteiger partial charge in [0.05, 0.1) is 0 Å². The first-order valence-electron chi connectivity index (χ1n) is 12.0. The number of hydrogen-bond acceptors (Lipinski definition) is 2. The fourth-order valence-electron chi connectivity index (χ4n) is 3.93. The Bertz CT molecular complexity index is 451. The minimum absolute atomic E-state index is 0.368. The Hall–Kier alpha value is -1.12. The van der Waals surface area contributed by atoms with Gasteiger partial charge in [0.25, 0.3) is 0 Å². The first kappa shape index (κ1) is 24.9. The first-order chi connectivity index (χ1) is 13.6. The number of carbonyl (C=O) groups is 2. The molecule has 162 valence electrons. The van der Waals surface area contributed by atoms with E-state index in [1.807, 2.05) is 24.8 Å². The van der Waals surface area contributed by atoms with E-state index in [0.717, 1.165) is 38.8 Å². The van der Waals surface area contributed by atoms with E-state index in [2.05, 4.69) is 0 Å². The predicted octanol–water partition coefficient (Wildman–Crippen LogP) is 7.00. The number of ketones is 1. The molecule has 3 heteroatoms. The molecule has 0 aromatic heterocycles. The highest BCUT2D eigenvalue weighted by molar-refractivity contribution is 5.79. The number of Topliss-reactive ketones (excluding diaryl/α,β-unsaturated/α-hetero) is 1. The van der Waals surface area contributed by atoms with Crippen LogP contribution in [0.2, 0.25) is 0 Å². The van der Waals surface area contributed by atoms with Crippen LogP contribution in [0, 0.1) is 0 Å². The molecule has 28 heavy (non-hydrogen) atoms. The molecule has 1 heterocycles. The van der Waals surface area contributed by atoms with E-state index in [9.17, 15) is 9.59 Å². The van der Waals surface area contributed by atoms with Crippen molar-refractivity contribution in [3.05, 3.63) is 11.6 Å². The number of rotatable bonds is 18. The number of likely N-dealkylation sites (tertiary alicyclic amines) is 1. The van der Waals surface area contributed by atoms with Gasteiger partial charge in [0.2, 0.25) is 5.91 Å². The summed E-state index contributed by atoms with van der Waals surface area (Å²) in [6.07, 6.45) is 22.2. The normalized spacial score (nSPS) is 13.9. The molecule has 0 aromatic rings. The Labute approximate surface area is 174 Å². The zero-order valence-electron chi connectivity index (χ0n) is 18.8. The molecule has 1 saturated heterocycles. The van der Waals surface area contributed by atoms with E-state index >= 15 is 0 Å². The van der Waals surface area contributed by atoms with Gasteiger partial charge in [0, 0.05) is 32.4 Å². The quantitative estimate of drug-likeness (QED) is 0.186. The van der Waals surface area contributed by atoms with Gasteiger partial charge in [-0.1, -0.05) is 82.3 Å². The average Bonchev–Trinajstić information content (AvgIpc) is 3.08. The van der Waals surface area contributed by atoms with E-state index in [-0.39, 0.29) is 0 Å². The van der Waals surface area contributed by atoms with Crippen LogP contribution >= 0.6 is 0 Å². The van der Waals surface area contributed by atoms with Gasteiger partial charge in [-0.25, -0.2) is 0 Å². The minimum atomic E-state index is 0.368. The lowest BCUT2D eigenvalue weighted by Gasteiger charge is -2.14. The monoisotopic (exact) mass is 391 g/mol. The van der Waals surface area contributed by atoms with E-state index < -0.39 is 0 Å². The summed E-state index contributed by atoms with van der Waals surface area (Å²) >= 11 is 0. The molecule has 0 atom stereocenters. The Kier molecular flexibility index (Phi) is 15.0. The van der Waals surface area contributed by atoms with Gasteiger partial charge in [-0.2, -0.15) is 0 Å². The van der Waals surface area contributed by atoms with Crippen molar-refractivity contribution < 1.29 is 9.59 Å². The zero-order valence-corrected chi connectivity index (χ0v) is 18.8. The van der Waals surface area contributed by atoms with Crippen molar-refractivity contribution in [3.63, 3.8) is 0 Å². The maximum atomic E-state index is 11.7. The molecule has 1 amide bonds. The fourth-order valence-corrected chi connectivity index (χ4v) is 3.93. The van der Waals surface area contributed by atoms with Crippen molar-refractivity contribution in [2.75, 3.05) is 13.1 Å². The Morgan fingerprint density at radius 1 is 0.821 bits per heavy atom. The highest BCUT2D eigenvalue weighted by Gasteiger charge is 2.18. The van der Waals surface area contributed by atoms with Crippen LogP contribution in [0.4, 0.5) is 0 Å². The maximum Gasteiger partial charge on any atom is 0.222 e. The van der Waals surface area contributed by atoms with Crippen molar-refractivity contribution in [1.29, 1.82) is 0 Å². The molecule has 1 rings (SSSR count). The molecule has 1 aliphatic rings. The summed E-state index contributed by atoms with van der Waals surface area (Å²) < 4.78 is 0. The standard InChI is InChI=1S/C25H45NO2/c1-23(2)19-20-24(27)17-14-12-10-8-6-4-3-5-7-9-11-13-15-21-26-22-16-18-25(26)28/h19H,3-18,20-22H2,1-2H3. The molecule has 0 bridgehead atoms. The molecule has 0 radical (unpaired) electrons. The average molecular weight is 392 g/mol. The van der Waals surface area contributed by atoms with Gasteiger partial charge in [-0.05, 0) is 33.1 Å². The van der Waals surface area contributed by atoms with Crippen molar-refractivity contribution in [2.45, 2.75) is 123 Å². The molecular weight excluding hydrogens is 346 g/mol. The number of carbonyl (C=O) groups excluding carboxylic acids is 2.